The number of hydrogen-bond acceptors (Lipinski definition) is 4. The van der Waals surface area contributed by atoms with Crippen molar-refractivity contribution in [3.63, 3.8) is 0 Å². The van der Waals surface area contributed by atoms with Gasteiger partial charge >= 0.3 is 0 Å². The van der Waals surface area contributed by atoms with Crippen LogP contribution in [0.2, 0.25) is 0 Å². The van der Waals surface area contributed by atoms with Crippen LogP contribution in [0.3, 0.4) is 0 Å². The summed E-state index contributed by atoms with van der Waals surface area (Å²) in [5.74, 6) is -0.196. The molecule has 0 radical (unpaired) electrons. The number of fused-ring (bicyclic) bond motifs is 1. The topological polar surface area (TPSA) is 70.7 Å². The van der Waals surface area contributed by atoms with Gasteiger partial charge in [0.1, 0.15) is 23.1 Å². The third-order valence-electron chi connectivity index (χ3n) is 3.89. The van der Waals surface area contributed by atoms with Gasteiger partial charge in [-0.1, -0.05) is 18.2 Å². The molecular weight excluding hydrogens is 413 g/mol. The Morgan fingerprint density at radius 2 is 1.92 bits per heavy atom. The van der Waals surface area contributed by atoms with Crippen LogP contribution < -0.4 is 10.9 Å². The summed E-state index contributed by atoms with van der Waals surface area (Å²) in [5, 5.41) is 3.53. The number of pyridine rings is 1. The summed E-state index contributed by atoms with van der Waals surface area (Å²) in [5.41, 5.74) is -0.574. The van der Waals surface area contributed by atoms with E-state index in [9.17, 15) is 18.0 Å². The molecule has 0 aliphatic heterocycles. The Balaban J connectivity index is 2.05. The van der Waals surface area contributed by atoms with Gasteiger partial charge in [-0.2, -0.15) is 0 Å². The van der Waals surface area contributed by atoms with Crippen LogP contribution in [0.5, 0.6) is 0 Å². The molecule has 3 rings (SSSR count). The first-order valence-electron chi connectivity index (χ1n) is 7.68. The lowest BCUT2D eigenvalue weighted by Crippen LogP contribution is -2.14. The molecule has 0 amide bonds. The number of anilines is 1. The zero-order valence-corrected chi connectivity index (χ0v) is 15.4. The molecule has 2 heterocycles. The number of halogens is 4. The van der Waals surface area contributed by atoms with E-state index in [1.807, 2.05) is 0 Å². The van der Waals surface area contributed by atoms with Gasteiger partial charge in [0, 0.05) is 5.56 Å². The van der Waals surface area contributed by atoms with Crippen LogP contribution in [0.25, 0.3) is 11.0 Å². The number of aromatic amines is 1. The molecule has 0 saturated carbocycles. The Morgan fingerprint density at radius 1 is 1.23 bits per heavy atom. The Labute approximate surface area is 154 Å². The Morgan fingerprint density at radius 3 is 2.62 bits per heavy atom. The number of hydrogen-bond donors (Lipinski definition) is 2. The predicted molar refractivity (Wildman–Crippen MR) is 96.0 cm³/mol. The van der Waals surface area contributed by atoms with Gasteiger partial charge in [-0.25, -0.2) is 23.1 Å². The van der Waals surface area contributed by atoms with Crippen LogP contribution in [-0.4, -0.2) is 15.0 Å². The smallest absolute Gasteiger partial charge is 0.266 e. The van der Waals surface area contributed by atoms with E-state index in [0.29, 0.717) is 27.1 Å². The normalized spacial score (nSPS) is 12.6. The zero-order chi connectivity index (χ0) is 19.0. The average Bonchev–Trinajstić information content (AvgIpc) is 2.56. The summed E-state index contributed by atoms with van der Waals surface area (Å²) in [7, 11) is 0. The van der Waals surface area contributed by atoms with Gasteiger partial charge in [-0.05, 0) is 35.8 Å². The minimum atomic E-state index is -2.90. The second-order valence-electron chi connectivity index (χ2n) is 5.75. The van der Waals surface area contributed by atoms with Crippen LogP contribution in [-0.2, 0) is 0 Å². The Bertz CT molecular complexity index is 1040. The second-order valence-corrected chi connectivity index (χ2v) is 6.60. The fraction of sp³-hybridized carbons (Fsp3) is 0.235. The maximum atomic E-state index is 14.4. The van der Waals surface area contributed by atoms with Gasteiger partial charge in [0.05, 0.1) is 21.5 Å². The van der Waals surface area contributed by atoms with Crippen molar-refractivity contribution in [3.05, 3.63) is 61.9 Å². The van der Waals surface area contributed by atoms with Crippen LogP contribution in [0.15, 0.2) is 33.5 Å². The quantitative estimate of drug-likeness (QED) is 0.637. The van der Waals surface area contributed by atoms with E-state index in [4.69, 9.17) is 0 Å². The molecule has 1 atom stereocenters. The van der Waals surface area contributed by atoms with E-state index in [-0.39, 0.29) is 11.1 Å². The molecule has 0 fully saturated rings. The molecule has 1 unspecified atom stereocenters. The first kappa shape index (κ1) is 18.4. The summed E-state index contributed by atoms with van der Waals surface area (Å²) < 4.78 is 40.5. The van der Waals surface area contributed by atoms with E-state index in [2.05, 4.69) is 36.2 Å². The molecule has 1 aromatic carbocycles. The van der Waals surface area contributed by atoms with E-state index < -0.39 is 23.8 Å². The molecule has 9 heteroatoms. The lowest BCUT2D eigenvalue weighted by molar-refractivity contribution is 0.146. The first-order valence-corrected chi connectivity index (χ1v) is 8.47. The Kier molecular flexibility index (Phi) is 4.99. The lowest BCUT2D eigenvalue weighted by atomic mass is 10.0. The minimum Gasteiger partial charge on any atom is -0.363 e. The van der Waals surface area contributed by atoms with E-state index in [1.165, 1.54) is 12.1 Å². The largest absolute Gasteiger partial charge is 0.363 e. The maximum Gasteiger partial charge on any atom is 0.266 e. The van der Waals surface area contributed by atoms with Gasteiger partial charge in [0.25, 0.3) is 12.0 Å². The molecule has 0 saturated heterocycles. The third kappa shape index (κ3) is 3.44. The van der Waals surface area contributed by atoms with Gasteiger partial charge in [-0.15, -0.1) is 0 Å². The van der Waals surface area contributed by atoms with Gasteiger partial charge in [0.2, 0.25) is 0 Å². The van der Waals surface area contributed by atoms with Crippen molar-refractivity contribution in [2.75, 3.05) is 5.32 Å². The molecule has 2 aromatic heterocycles. The standard InChI is InChI=1S/C17H14BrF3N4O/c1-7(9-4-3-5-10(13(9)19)14(20)21)22-15-11-6-12(18)17(26)25-16(11)24-8(2)23-15/h3-7,14H,1-2H3,(H2,22,23,24,25,26). The summed E-state index contributed by atoms with van der Waals surface area (Å²) in [6.45, 7) is 3.28. The van der Waals surface area contributed by atoms with E-state index >= 15 is 0 Å². The summed E-state index contributed by atoms with van der Waals surface area (Å²) >= 11 is 3.15. The molecule has 0 aliphatic carbocycles. The number of benzene rings is 1. The fourth-order valence-corrected chi connectivity index (χ4v) is 2.97. The molecule has 2 N–H and O–H groups in total. The maximum absolute atomic E-state index is 14.4. The van der Waals surface area contributed by atoms with Crippen molar-refractivity contribution in [2.45, 2.75) is 26.3 Å². The van der Waals surface area contributed by atoms with Crippen LogP contribution in [0.1, 0.15) is 36.3 Å². The molecule has 26 heavy (non-hydrogen) atoms. The number of aromatic nitrogens is 3. The predicted octanol–water partition coefficient (Wildman–Crippen LogP) is 4.64. The van der Waals surface area contributed by atoms with Crippen molar-refractivity contribution in [1.82, 2.24) is 15.0 Å². The summed E-state index contributed by atoms with van der Waals surface area (Å²) in [6.07, 6.45) is -2.90. The highest BCUT2D eigenvalue weighted by Crippen LogP contribution is 2.30. The lowest BCUT2D eigenvalue weighted by Gasteiger charge is -2.18. The molecule has 0 aliphatic rings. The number of alkyl halides is 2. The van der Waals surface area contributed by atoms with E-state index in [1.54, 1.807) is 19.9 Å². The molecule has 5 nitrogen and oxygen atoms in total. The van der Waals surface area contributed by atoms with Crippen LogP contribution in [0, 0.1) is 12.7 Å². The van der Waals surface area contributed by atoms with Gasteiger partial charge in [-0.3, -0.25) is 4.79 Å². The number of aryl methyl sites for hydroxylation is 1. The second kappa shape index (κ2) is 7.06. The average molecular weight is 427 g/mol. The van der Waals surface area contributed by atoms with Crippen LogP contribution in [0.4, 0.5) is 19.0 Å². The fourth-order valence-electron chi connectivity index (χ4n) is 2.64. The van der Waals surface area contributed by atoms with Crippen LogP contribution >= 0.6 is 15.9 Å². The molecule has 3 aromatic rings. The SMILES string of the molecule is Cc1nc(NC(C)c2cccc(C(F)F)c2F)c2cc(Br)c(=O)[nH]c2n1. The molecular formula is C17H14BrF3N4O. The Hall–Kier alpha value is -2.42. The highest BCUT2D eigenvalue weighted by atomic mass is 79.9. The highest BCUT2D eigenvalue weighted by Gasteiger charge is 2.20. The summed E-state index contributed by atoms with van der Waals surface area (Å²) in [6, 6.07) is 4.79. The molecule has 136 valence electrons. The number of H-pyrrole nitrogens is 1. The van der Waals surface area contributed by atoms with E-state index in [0.717, 1.165) is 6.07 Å². The van der Waals surface area contributed by atoms with Crippen molar-refractivity contribution in [2.24, 2.45) is 0 Å². The summed E-state index contributed by atoms with van der Waals surface area (Å²) in [4.78, 5) is 22.8. The highest BCUT2D eigenvalue weighted by molar-refractivity contribution is 9.10. The first-order chi connectivity index (χ1) is 12.3. The van der Waals surface area contributed by atoms with Crippen molar-refractivity contribution in [1.29, 1.82) is 0 Å². The number of nitrogens with one attached hydrogen (secondary N) is 2. The van der Waals surface area contributed by atoms with Crippen molar-refractivity contribution >= 4 is 32.8 Å². The van der Waals surface area contributed by atoms with Crippen molar-refractivity contribution < 1.29 is 13.2 Å². The number of rotatable bonds is 4. The monoisotopic (exact) mass is 426 g/mol. The number of nitrogens with zero attached hydrogens (tertiary/aromatic N) is 2. The minimum absolute atomic E-state index is 0.0932. The third-order valence-corrected chi connectivity index (χ3v) is 4.48. The van der Waals surface area contributed by atoms with Gasteiger partial charge in [0.15, 0.2) is 0 Å². The van der Waals surface area contributed by atoms with Crippen molar-refractivity contribution in [3.8, 4) is 0 Å². The molecule has 0 bridgehead atoms. The molecule has 0 spiro atoms. The van der Waals surface area contributed by atoms with Gasteiger partial charge < -0.3 is 10.3 Å². The zero-order valence-electron chi connectivity index (χ0n) is 13.8.